The maximum absolute atomic E-state index is 16.4. The Kier molecular flexibility index (Phi) is 14.5. The van der Waals surface area contributed by atoms with Crippen LogP contribution in [0.3, 0.4) is 0 Å². The van der Waals surface area contributed by atoms with E-state index in [-0.39, 0.29) is 41.8 Å². The number of nitrogens with zero attached hydrogens (tertiary/aromatic N) is 6. The molecule has 19 heteroatoms. The van der Waals surface area contributed by atoms with Crippen LogP contribution in [0.15, 0.2) is 54.6 Å². The summed E-state index contributed by atoms with van der Waals surface area (Å²) >= 11 is 0. The Morgan fingerprint density at radius 2 is 1.10 bits per heavy atom. The number of carbonyl (C=O) groups excluding carboxylic acids is 4. The molecular weight excluding hydrogens is 900 g/mol. The number of nitrogens with one attached hydrogen (secondary N) is 4. The largest absolute Gasteiger partial charge is 0.453 e. The third-order valence-electron chi connectivity index (χ3n) is 15.0. The average Bonchev–Trinajstić information content (AvgIpc) is 4.25. The smallest absolute Gasteiger partial charge is 0.407 e. The van der Waals surface area contributed by atoms with Gasteiger partial charge in [0.1, 0.15) is 29.5 Å². The quantitative estimate of drug-likeness (QED) is 0.0856. The van der Waals surface area contributed by atoms with E-state index in [2.05, 4.69) is 60.7 Å². The molecule has 2 aromatic heterocycles. The van der Waals surface area contributed by atoms with E-state index in [4.69, 9.17) is 28.9 Å². The second-order valence-electron chi connectivity index (χ2n) is 19.0. The number of likely N-dealkylation sites (tertiary alicyclic amines) is 2. The molecule has 18 nitrogen and oxygen atoms in total. The van der Waals surface area contributed by atoms with Gasteiger partial charge in [0.2, 0.25) is 11.8 Å². The van der Waals surface area contributed by atoms with Crippen LogP contribution in [0, 0.1) is 5.82 Å². The molecule has 4 fully saturated rings. The number of amides is 4. The lowest BCUT2D eigenvalue weighted by Gasteiger charge is -2.34. The highest BCUT2D eigenvalue weighted by Gasteiger charge is 2.42. The highest BCUT2D eigenvalue weighted by Crippen LogP contribution is 2.48. The Morgan fingerprint density at radius 3 is 1.54 bits per heavy atom. The van der Waals surface area contributed by atoms with Crippen LogP contribution in [-0.2, 0) is 28.5 Å². The summed E-state index contributed by atoms with van der Waals surface area (Å²) in [4.78, 5) is 77.6. The Balaban J connectivity index is 1.02. The van der Waals surface area contributed by atoms with E-state index in [0.717, 1.165) is 96.9 Å². The number of fused-ring (bicyclic) bond motifs is 2. The summed E-state index contributed by atoms with van der Waals surface area (Å²) in [6, 6.07) is 15.3. The number of carbonyl (C=O) groups is 4. The Morgan fingerprint density at radius 1 is 0.614 bits per heavy atom. The van der Waals surface area contributed by atoms with E-state index in [1.54, 1.807) is 29.7 Å². The zero-order chi connectivity index (χ0) is 49.2. The van der Waals surface area contributed by atoms with Crippen molar-refractivity contribution < 1.29 is 42.5 Å². The number of imidazole rings is 2. The molecule has 374 valence electrons. The number of anilines is 2. The molecule has 0 spiro atoms. The van der Waals surface area contributed by atoms with Crippen molar-refractivity contribution in [3.05, 3.63) is 83.2 Å². The molecule has 3 aromatic carbocycles. The van der Waals surface area contributed by atoms with Crippen molar-refractivity contribution in [2.45, 2.75) is 120 Å². The third kappa shape index (κ3) is 9.56. The van der Waals surface area contributed by atoms with Crippen LogP contribution in [0.25, 0.3) is 22.1 Å². The average molecular weight is 965 g/mol. The number of H-pyrrole nitrogens is 2. The maximum Gasteiger partial charge on any atom is 0.407 e. The zero-order valence-corrected chi connectivity index (χ0v) is 40.8. The van der Waals surface area contributed by atoms with Crippen LogP contribution < -0.4 is 20.4 Å². The molecule has 4 aliphatic rings. The minimum absolute atomic E-state index is 0.126. The van der Waals surface area contributed by atoms with Gasteiger partial charge in [-0.1, -0.05) is 12.1 Å². The predicted octanol–water partition coefficient (Wildman–Crippen LogP) is 7.50. The first-order valence-electron chi connectivity index (χ1n) is 24.6. The number of alkyl carbamates (subject to hydrolysis) is 2. The van der Waals surface area contributed by atoms with E-state index in [9.17, 15) is 19.2 Å². The molecule has 70 heavy (non-hydrogen) atoms. The van der Waals surface area contributed by atoms with Crippen LogP contribution in [-0.4, -0.2) is 133 Å². The molecule has 5 aromatic rings. The summed E-state index contributed by atoms with van der Waals surface area (Å²) in [5.41, 5.74) is 6.66. The van der Waals surface area contributed by atoms with Gasteiger partial charge in [-0.2, -0.15) is 0 Å². The number of hydrogen-bond donors (Lipinski definition) is 4. The molecule has 8 atom stereocenters. The minimum Gasteiger partial charge on any atom is -0.453 e. The van der Waals surface area contributed by atoms with Crippen molar-refractivity contribution in [2.24, 2.45) is 0 Å². The number of piperidine rings is 1. The zero-order valence-electron chi connectivity index (χ0n) is 40.8. The number of benzene rings is 3. The van der Waals surface area contributed by atoms with Crippen molar-refractivity contribution in [3.63, 3.8) is 0 Å². The van der Waals surface area contributed by atoms with Crippen LogP contribution >= 0.6 is 0 Å². The monoisotopic (exact) mass is 964 g/mol. The van der Waals surface area contributed by atoms with Crippen molar-refractivity contribution in [3.8, 4) is 0 Å². The lowest BCUT2D eigenvalue weighted by molar-refractivity contribution is -0.138. The van der Waals surface area contributed by atoms with E-state index >= 15 is 4.39 Å². The second-order valence-corrected chi connectivity index (χ2v) is 19.0. The molecule has 0 bridgehead atoms. The summed E-state index contributed by atoms with van der Waals surface area (Å²) in [5.74, 6) is 0.535. The predicted molar refractivity (Wildman–Crippen MR) is 261 cm³/mol. The first kappa shape index (κ1) is 48.5. The molecule has 4 aliphatic heterocycles. The van der Waals surface area contributed by atoms with E-state index in [1.807, 2.05) is 18.2 Å². The van der Waals surface area contributed by atoms with Gasteiger partial charge in [-0.25, -0.2) is 23.9 Å². The Labute approximate surface area is 406 Å². The fourth-order valence-corrected chi connectivity index (χ4v) is 11.1. The van der Waals surface area contributed by atoms with Gasteiger partial charge >= 0.3 is 12.2 Å². The van der Waals surface area contributed by atoms with Crippen molar-refractivity contribution in [1.82, 2.24) is 40.4 Å². The van der Waals surface area contributed by atoms with Crippen LogP contribution in [0.5, 0.6) is 0 Å². The number of aromatic amines is 2. The lowest BCUT2D eigenvalue weighted by atomic mass is 10.0. The van der Waals surface area contributed by atoms with Gasteiger partial charge in [-0.15, -0.1) is 0 Å². The molecule has 4 N–H and O–H groups in total. The Bertz CT molecular complexity index is 2560. The minimum atomic E-state index is -0.944. The molecule has 9 rings (SSSR count). The van der Waals surface area contributed by atoms with Gasteiger partial charge in [0.25, 0.3) is 0 Å². The molecular formula is C51H65FN10O8. The fourth-order valence-electron chi connectivity index (χ4n) is 11.1. The van der Waals surface area contributed by atoms with Crippen LogP contribution in [0.1, 0.15) is 119 Å². The fraction of sp³-hybridized carbons (Fsp3) is 0.529. The van der Waals surface area contributed by atoms with E-state index < -0.39 is 36.5 Å². The number of methoxy groups -OCH3 is 4. The van der Waals surface area contributed by atoms with E-state index in [0.29, 0.717) is 43.3 Å². The van der Waals surface area contributed by atoms with Gasteiger partial charge < -0.3 is 59.1 Å². The van der Waals surface area contributed by atoms with Crippen LogP contribution in [0.4, 0.5) is 25.4 Å². The third-order valence-corrected chi connectivity index (χ3v) is 15.0. The SMILES string of the molecule is COC(=O)N[C@H](C(=O)N1CCC[C@H]1c1nc2ccc([C@@H]3CC[C@@H](c4ccc5nc([C@@H]6CCCN6C(=O)[C@@H](NC(=O)OC)[C@@H](C)OC)[nH]c5c4)N3c3ccc(N4CCCCC4)c(F)c3)cc2[nH]1)[C@@H](C)OC. The number of halogens is 1. The summed E-state index contributed by atoms with van der Waals surface area (Å²) in [7, 11) is 5.51. The van der Waals surface area contributed by atoms with Crippen molar-refractivity contribution in [1.29, 1.82) is 0 Å². The topological polar surface area (TPSA) is 200 Å². The Hall–Kier alpha value is -6.47. The van der Waals surface area contributed by atoms with E-state index in [1.165, 1.54) is 28.4 Å². The number of aromatic nitrogens is 4. The van der Waals surface area contributed by atoms with Crippen molar-refractivity contribution in [2.75, 3.05) is 64.4 Å². The summed E-state index contributed by atoms with van der Waals surface area (Å²) < 4.78 is 37.0. The summed E-state index contributed by atoms with van der Waals surface area (Å²) in [6.07, 6.45) is 5.12. The molecule has 4 amide bonds. The normalized spacial score (nSPS) is 22.3. The molecule has 6 heterocycles. The second kappa shape index (κ2) is 20.9. The van der Waals surface area contributed by atoms with Gasteiger partial charge in [0.05, 0.1) is 78.3 Å². The maximum atomic E-state index is 16.4. The molecule has 0 unspecified atom stereocenters. The molecule has 0 aliphatic carbocycles. The number of rotatable bonds is 14. The standard InChI is InChI=1S/C51H65FN10O8/c1-29(67-3)44(57-50(65)69-5)48(63)60-24-10-12-42(60)46-53-35-17-14-31(26-37(35)55-46)39-20-21-40(62(39)33-16-19-41(34(52)28-33)59-22-8-7-9-23-59)32-15-18-36-38(27-32)56-47(54-36)43-13-11-25-61(43)49(64)45(30(2)68-4)58-51(66)70-6/h14-19,26-30,39-40,42-45H,7-13,20-25H2,1-6H3,(H,53,55)(H,54,56)(H,57,65)(H,58,66)/t29-,30-,39+,40+,42+,43+,44+,45+/m1/s1. The first-order valence-corrected chi connectivity index (χ1v) is 24.6. The summed E-state index contributed by atoms with van der Waals surface area (Å²) in [5, 5.41) is 5.31. The van der Waals surface area contributed by atoms with Gasteiger partial charge in [-0.05, 0) is 125 Å². The number of hydrogen-bond acceptors (Lipinski definition) is 12. The van der Waals surface area contributed by atoms with Gasteiger partial charge in [0.15, 0.2) is 0 Å². The molecule has 0 radical (unpaired) electrons. The van der Waals surface area contributed by atoms with Crippen molar-refractivity contribution >= 4 is 57.4 Å². The summed E-state index contributed by atoms with van der Waals surface area (Å²) in [6.45, 7) is 6.13. The van der Waals surface area contributed by atoms with Gasteiger partial charge in [-0.3, -0.25) is 9.59 Å². The lowest BCUT2D eigenvalue weighted by Crippen LogP contribution is -2.54. The molecule has 4 saturated heterocycles. The first-order chi connectivity index (χ1) is 33.9. The van der Waals surface area contributed by atoms with Crippen LogP contribution in [0.2, 0.25) is 0 Å². The van der Waals surface area contributed by atoms with Gasteiger partial charge in [0, 0.05) is 46.1 Å². The highest BCUT2D eigenvalue weighted by molar-refractivity contribution is 5.88. The number of ether oxygens (including phenoxy) is 4. The molecule has 0 saturated carbocycles. The highest BCUT2D eigenvalue weighted by atomic mass is 19.1.